The Kier molecular flexibility index (Phi) is 2.59. The third-order valence-corrected chi connectivity index (χ3v) is 1.24. The Labute approximate surface area is 74.6 Å². The van der Waals surface area contributed by atoms with Gasteiger partial charge in [-0.3, -0.25) is 0 Å². The topological polar surface area (TPSA) is 61.2 Å². The number of imidazole rings is 1. The smallest absolute Gasteiger partial charge is 0.372 e. The van der Waals surface area contributed by atoms with Gasteiger partial charge in [0.1, 0.15) is 6.33 Å². The summed E-state index contributed by atoms with van der Waals surface area (Å²) in [5, 5.41) is 0. The van der Waals surface area contributed by atoms with Crippen LogP contribution in [0.3, 0.4) is 0 Å². The summed E-state index contributed by atoms with van der Waals surface area (Å²) in [7, 11) is 0. The molecule has 0 atom stereocenters. The number of nitrogens with zero attached hydrogens (tertiary/aromatic N) is 2. The van der Waals surface area contributed by atoms with Gasteiger partial charge < -0.3 is 4.74 Å². The zero-order valence-electron chi connectivity index (χ0n) is 7.06. The molecule has 0 aromatic carbocycles. The maximum absolute atomic E-state index is 11.1. The predicted molar refractivity (Wildman–Crippen MR) is 43.9 cm³/mol. The molecule has 0 spiro atoms. The first-order chi connectivity index (χ1) is 6.11. The Morgan fingerprint density at radius 2 is 2.23 bits per heavy atom. The Balaban J connectivity index is 2.62. The molecule has 1 rings (SSSR count). The molecule has 68 valence electrons. The van der Waals surface area contributed by atoms with Crippen molar-refractivity contribution in [3.63, 3.8) is 0 Å². The van der Waals surface area contributed by atoms with Crippen molar-refractivity contribution in [1.82, 2.24) is 9.55 Å². The van der Waals surface area contributed by atoms with Crippen molar-refractivity contribution >= 4 is 12.1 Å². The van der Waals surface area contributed by atoms with E-state index in [9.17, 15) is 9.59 Å². The standard InChI is InChI=1S/C8H8N2O3/c1-6(2)7(11)13-8(12)10-4-3-9-5-10/h3-5H,1H2,2H3. The van der Waals surface area contributed by atoms with E-state index in [1.165, 1.54) is 25.6 Å². The second-order valence-corrected chi connectivity index (χ2v) is 2.41. The first kappa shape index (κ1) is 9.18. The van der Waals surface area contributed by atoms with Crippen LogP contribution in [0.5, 0.6) is 0 Å². The van der Waals surface area contributed by atoms with Crippen LogP contribution < -0.4 is 0 Å². The minimum Gasteiger partial charge on any atom is -0.372 e. The number of esters is 1. The fourth-order valence-corrected chi connectivity index (χ4v) is 0.586. The summed E-state index contributed by atoms with van der Waals surface area (Å²) in [6, 6.07) is 0. The lowest BCUT2D eigenvalue weighted by Crippen LogP contribution is -2.17. The molecular formula is C8H8N2O3. The van der Waals surface area contributed by atoms with Gasteiger partial charge in [0.25, 0.3) is 0 Å². The van der Waals surface area contributed by atoms with E-state index in [4.69, 9.17) is 0 Å². The van der Waals surface area contributed by atoms with E-state index in [0.717, 1.165) is 4.57 Å². The van der Waals surface area contributed by atoms with Gasteiger partial charge in [-0.25, -0.2) is 19.1 Å². The predicted octanol–water partition coefficient (Wildman–Crippen LogP) is 0.970. The van der Waals surface area contributed by atoms with E-state index in [1.54, 1.807) is 0 Å². The molecule has 0 fully saturated rings. The van der Waals surface area contributed by atoms with Crippen LogP contribution in [-0.4, -0.2) is 21.6 Å². The summed E-state index contributed by atoms with van der Waals surface area (Å²) >= 11 is 0. The molecule has 0 radical (unpaired) electrons. The Hall–Kier alpha value is -1.91. The second kappa shape index (κ2) is 3.66. The van der Waals surface area contributed by atoms with Gasteiger partial charge in [0, 0.05) is 18.0 Å². The highest BCUT2D eigenvalue weighted by atomic mass is 16.6. The maximum atomic E-state index is 11.1. The summed E-state index contributed by atoms with van der Waals surface area (Å²) in [4.78, 5) is 25.6. The van der Waals surface area contributed by atoms with E-state index < -0.39 is 12.1 Å². The quantitative estimate of drug-likeness (QED) is 0.367. The highest BCUT2D eigenvalue weighted by Gasteiger charge is 2.11. The molecule has 1 heterocycles. The Morgan fingerprint density at radius 3 is 2.69 bits per heavy atom. The van der Waals surface area contributed by atoms with Gasteiger partial charge in [-0.1, -0.05) is 6.58 Å². The van der Waals surface area contributed by atoms with Crippen molar-refractivity contribution in [3.8, 4) is 0 Å². The number of hydrogen-bond donors (Lipinski definition) is 0. The van der Waals surface area contributed by atoms with Crippen molar-refractivity contribution in [2.45, 2.75) is 6.92 Å². The van der Waals surface area contributed by atoms with Crippen molar-refractivity contribution in [2.24, 2.45) is 0 Å². The van der Waals surface area contributed by atoms with Crippen molar-refractivity contribution in [1.29, 1.82) is 0 Å². The van der Waals surface area contributed by atoms with E-state index >= 15 is 0 Å². The van der Waals surface area contributed by atoms with E-state index in [1.807, 2.05) is 0 Å². The third kappa shape index (κ3) is 2.26. The van der Waals surface area contributed by atoms with E-state index in [2.05, 4.69) is 16.3 Å². The molecule has 0 aliphatic rings. The lowest BCUT2D eigenvalue weighted by atomic mass is 10.4. The van der Waals surface area contributed by atoms with Crippen molar-refractivity contribution in [2.75, 3.05) is 0 Å². The molecule has 0 amide bonds. The minimum atomic E-state index is -0.787. The molecule has 13 heavy (non-hydrogen) atoms. The van der Waals surface area contributed by atoms with Gasteiger partial charge >= 0.3 is 12.1 Å². The molecule has 5 heteroatoms. The minimum absolute atomic E-state index is 0.175. The molecule has 5 nitrogen and oxygen atoms in total. The molecule has 0 bridgehead atoms. The molecule has 1 aromatic rings. The molecule has 0 aliphatic heterocycles. The SMILES string of the molecule is C=C(C)C(=O)OC(=O)n1ccnc1. The Bertz CT molecular complexity index is 340. The molecule has 0 saturated heterocycles. The highest BCUT2D eigenvalue weighted by molar-refractivity contribution is 5.95. The van der Waals surface area contributed by atoms with Gasteiger partial charge in [0.15, 0.2) is 0 Å². The number of carbonyl (C=O) groups excluding carboxylic acids is 2. The van der Waals surface area contributed by atoms with Crippen LogP contribution in [0.2, 0.25) is 0 Å². The lowest BCUT2D eigenvalue weighted by molar-refractivity contribution is -0.132. The number of hydrogen-bond acceptors (Lipinski definition) is 4. The van der Waals surface area contributed by atoms with Crippen LogP contribution in [0.4, 0.5) is 4.79 Å². The van der Waals surface area contributed by atoms with Gasteiger partial charge in [-0.05, 0) is 6.92 Å². The normalized spacial score (nSPS) is 9.31. The number of carbonyl (C=O) groups is 2. The second-order valence-electron chi connectivity index (χ2n) is 2.41. The molecule has 1 aromatic heterocycles. The lowest BCUT2D eigenvalue weighted by Gasteiger charge is -2.00. The van der Waals surface area contributed by atoms with Gasteiger partial charge in [0.05, 0.1) is 0 Å². The zero-order valence-corrected chi connectivity index (χ0v) is 7.06. The third-order valence-electron chi connectivity index (χ3n) is 1.24. The highest BCUT2D eigenvalue weighted by Crippen LogP contribution is 1.96. The fraction of sp³-hybridized carbons (Fsp3) is 0.125. The van der Waals surface area contributed by atoms with Crippen molar-refractivity contribution in [3.05, 3.63) is 30.9 Å². The van der Waals surface area contributed by atoms with Gasteiger partial charge in [0.2, 0.25) is 0 Å². The average Bonchev–Trinajstić information content (AvgIpc) is 2.55. The summed E-state index contributed by atoms with van der Waals surface area (Å²) in [5.74, 6) is -0.737. The first-order valence-corrected chi connectivity index (χ1v) is 3.51. The largest absolute Gasteiger partial charge is 0.427 e. The maximum Gasteiger partial charge on any atom is 0.427 e. The summed E-state index contributed by atoms with van der Waals surface area (Å²) < 4.78 is 5.46. The zero-order chi connectivity index (χ0) is 9.84. The number of ether oxygens (including phenoxy) is 1. The van der Waals surface area contributed by atoms with Crippen molar-refractivity contribution < 1.29 is 14.3 Å². The van der Waals surface area contributed by atoms with Crippen LogP contribution in [-0.2, 0) is 9.53 Å². The molecule has 0 aliphatic carbocycles. The number of aromatic nitrogens is 2. The monoisotopic (exact) mass is 180 g/mol. The number of rotatable bonds is 1. The average molecular weight is 180 g/mol. The van der Waals surface area contributed by atoms with Crippen LogP contribution in [0, 0.1) is 0 Å². The summed E-state index contributed by atoms with van der Waals surface area (Å²) in [6.07, 6.45) is 3.25. The van der Waals surface area contributed by atoms with Crippen LogP contribution in [0.1, 0.15) is 6.92 Å². The van der Waals surface area contributed by atoms with Gasteiger partial charge in [-0.15, -0.1) is 0 Å². The summed E-state index contributed by atoms with van der Waals surface area (Å²) in [5.41, 5.74) is 0.175. The molecule has 0 unspecified atom stereocenters. The van der Waals surface area contributed by atoms with Crippen LogP contribution >= 0.6 is 0 Å². The Morgan fingerprint density at radius 1 is 1.54 bits per heavy atom. The molecule has 0 saturated carbocycles. The molecular weight excluding hydrogens is 172 g/mol. The summed E-state index contributed by atoms with van der Waals surface area (Å²) in [6.45, 7) is 4.80. The first-order valence-electron chi connectivity index (χ1n) is 3.51. The molecule has 0 N–H and O–H groups in total. The fourth-order valence-electron chi connectivity index (χ4n) is 0.586. The van der Waals surface area contributed by atoms with Gasteiger partial charge in [-0.2, -0.15) is 0 Å². The van der Waals surface area contributed by atoms with E-state index in [0.29, 0.717) is 0 Å². The van der Waals surface area contributed by atoms with Crippen LogP contribution in [0.25, 0.3) is 0 Å². The van der Waals surface area contributed by atoms with Crippen LogP contribution in [0.15, 0.2) is 30.9 Å². The van der Waals surface area contributed by atoms with E-state index in [-0.39, 0.29) is 5.57 Å².